The van der Waals surface area contributed by atoms with Crippen LogP contribution in [-0.2, 0) is 0 Å². The van der Waals surface area contributed by atoms with Crippen molar-refractivity contribution in [2.75, 3.05) is 17.2 Å². The van der Waals surface area contributed by atoms with E-state index in [2.05, 4.69) is 0 Å². The van der Waals surface area contributed by atoms with E-state index in [0.717, 1.165) is 0 Å². The van der Waals surface area contributed by atoms with Crippen molar-refractivity contribution in [3.63, 3.8) is 0 Å². The smallest absolute Gasteiger partial charge is 0.148 e. The molecule has 0 radical (unpaired) electrons. The van der Waals surface area contributed by atoms with E-state index in [4.69, 9.17) is 5.73 Å². The summed E-state index contributed by atoms with van der Waals surface area (Å²) >= 11 is 0. The molecule has 2 rings (SSSR count). The number of nitrogen functional groups attached to an aromatic ring is 1. The molecule has 0 atom stereocenters. The summed E-state index contributed by atoms with van der Waals surface area (Å²) in [5.74, 6) is -0.803. The molecule has 4 heteroatoms. The fraction of sp³-hybridized carbons (Fsp3) is 0.143. The van der Waals surface area contributed by atoms with Crippen molar-refractivity contribution >= 4 is 17.1 Å². The number of anilines is 3. The third-order valence-electron chi connectivity index (χ3n) is 2.76. The molecule has 0 fully saturated rings. The Balaban J connectivity index is 2.49. The van der Waals surface area contributed by atoms with Crippen molar-refractivity contribution in [2.24, 2.45) is 0 Å². The van der Waals surface area contributed by atoms with Gasteiger partial charge in [-0.2, -0.15) is 0 Å². The van der Waals surface area contributed by atoms with Crippen LogP contribution in [0.3, 0.4) is 0 Å². The van der Waals surface area contributed by atoms with E-state index in [1.165, 1.54) is 18.2 Å². The zero-order valence-corrected chi connectivity index (χ0v) is 10.0. The number of hydrogen-bond acceptors (Lipinski definition) is 2. The Kier molecular flexibility index (Phi) is 3.46. The van der Waals surface area contributed by atoms with Gasteiger partial charge in [0.1, 0.15) is 11.6 Å². The number of nitrogens with two attached hydrogens (primary N) is 1. The number of rotatable bonds is 3. The average molecular weight is 248 g/mol. The number of nitrogens with zero attached hydrogens (tertiary/aromatic N) is 1. The van der Waals surface area contributed by atoms with E-state index in [-0.39, 0.29) is 11.5 Å². The van der Waals surface area contributed by atoms with Crippen LogP contribution in [-0.4, -0.2) is 6.54 Å². The minimum Gasteiger partial charge on any atom is -0.395 e. The van der Waals surface area contributed by atoms with Gasteiger partial charge in [-0.25, -0.2) is 8.78 Å². The summed E-state index contributed by atoms with van der Waals surface area (Å²) in [6, 6.07) is 10.7. The van der Waals surface area contributed by atoms with Crippen molar-refractivity contribution in [1.82, 2.24) is 0 Å². The summed E-state index contributed by atoms with van der Waals surface area (Å²) < 4.78 is 26.7. The van der Waals surface area contributed by atoms with Crippen LogP contribution < -0.4 is 10.6 Å². The van der Waals surface area contributed by atoms with Crippen LogP contribution in [0.15, 0.2) is 42.5 Å². The van der Waals surface area contributed by atoms with Crippen molar-refractivity contribution in [2.45, 2.75) is 6.92 Å². The number of hydrogen-bond donors (Lipinski definition) is 1. The fourth-order valence-electron chi connectivity index (χ4n) is 1.90. The molecule has 0 aliphatic carbocycles. The lowest BCUT2D eigenvalue weighted by Gasteiger charge is -2.24. The van der Waals surface area contributed by atoms with Crippen molar-refractivity contribution < 1.29 is 8.78 Å². The Morgan fingerprint density at radius 1 is 1.11 bits per heavy atom. The highest BCUT2D eigenvalue weighted by atomic mass is 19.1. The van der Waals surface area contributed by atoms with E-state index in [1.54, 1.807) is 29.2 Å². The molecule has 94 valence electrons. The van der Waals surface area contributed by atoms with Gasteiger partial charge in [0, 0.05) is 12.2 Å². The maximum atomic E-state index is 13.4. The monoisotopic (exact) mass is 248 g/mol. The highest BCUT2D eigenvalue weighted by Gasteiger charge is 2.13. The molecule has 0 amide bonds. The maximum Gasteiger partial charge on any atom is 0.148 e. The Bertz CT molecular complexity index is 555. The van der Waals surface area contributed by atoms with Crippen LogP contribution in [0.5, 0.6) is 0 Å². The zero-order chi connectivity index (χ0) is 13.1. The highest BCUT2D eigenvalue weighted by Crippen LogP contribution is 2.31. The molecule has 0 bridgehead atoms. The minimum absolute atomic E-state index is 0.0728. The van der Waals surface area contributed by atoms with E-state index in [9.17, 15) is 8.78 Å². The van der Waals surface area contributed by atoms with Gasteiger partial charge >= 0.3 is 0 Å². The summed E-state index contributed by atoms with van der Waals surface area (Å²) in [7, 11) is 0. The molecule has 0 unspecified atom stereocenters. The summed E-state index contributed by atoms with van der Waals surface area (Å²) in [5, 5.41) is 0. The zero-order valence-electron chi connectivity index (χ0n) is 10.0. The van der Waals surface area contributed by atoms with Crippen LogP contribution in [0, 0.1) is 11.6 Å². The predicted molar refractivity (Wildman–Crippen MR) is 69.9 cm³/mol. The van der Waals surface area contributed by atoms with Crippen molar-refractivity contribution in [3.05, 3.63) is 54.1 Å². The molecule has 2 N–H and O–H groups in total. The first-order valence-corrected chi connectivity index (χ1v) is 5.70. The fourth-order valence-corrected chi connectivity index (χ4v) is 1.90. The van der Waals surface area contributed by atoms with Gasteiger partial charge in [-0.1, -0.05) is 12.1 Å². The van der Waals surface area contributed by atoms with Gasteiger partial charge in [-0.3, -0.25) is 0 Å². The molecular formula is C14H14F2N2. The largest absolute Gasteiger partial charge is 0.395 e. The Morgan fingerprint density at radius 2 is 1.83 bits per heavy atom. The van der Waals surface area contributed by atoms with Gasteiger partial charge in [0.15, 0.2) is 0 Å². The lowest BCUT2D eigenvalue weighted by Crippen LogP contribution is -2.18. The first-order valence-electron chi connectivity index (χ1n) is 5.70. The Hall–Kier alpha value is -2.10. The summed E-state index contributed by atoms with van der Waals surface area (Å²) in [5.41, 5.74) is 6.99. The molecule has 18 heavy (non-hydrogen) atoms. The second-order valence-electron chi connectivity index (χ2n) is 3.90. The highest BCUT2D eigenvalue weighted by molar-refractivity contribution is 5.75. The van der Waals surface area contributed by atoms with Crippen LogP contribution in [0.2, 0.25) is 0 Å². The second kappa shape index (κ2) is 5.04. The van der Waals surface area contributed by atoms with Gasteiger partial charge in [0.05, 0.1) is 11.4 Å². The van der Waals surface area contributed by atoms with E-state index >= 15 is 0 Å². The third kappa shape index (κ3) is 2.27. The molecule has 0 aromatic heterocycles. The first kappa shape index (κ1) is 12.4. The standard InChI is InChI=1S/C14H14F2N2/c1-2-18(11-6-3-5-10(15)9-11)13-8-4-7-12(16)14(13)17/h3-9H,2,17H2,1H3. The second-order valence-corrected chi connectivity index (χ2v) is 3.90. The van der Waals surface area contributed by atoms with Crippen LogP contribution in [0.4, 0.5) is 25.8 Å². The number of halogens is 2. The predicted octanol–water partition coefficient (Wildman–Crippen LogP) is 3.71. The Morgan fingerprint density at radius 3 is 2.50 bits per heavy atom. The molecule has 0 saturated heterocycles. The van der Waals surface area contributed by atoms with Gasteiger partial charge < -0.3 is 10.6 Å². The molecule has 0 aliphatic rings. The van der Waals surface area contributed by atoms with E-state index < -0.39 is 5.82 Å². The molecule has 0 saturated carbocycles. The molecule has 0 aliphatic heterocycles. The van der Waals surface area contributed by atoms with Gasteiger partial charge in [-0.05, 0) is 37.3 Å². The van der Waals surface area contributed by atoms with Gasteiger partial charge in [-0.15, -0.1) is 0 Å². The van der Waals surface area contributed by atoms with Gasteiger partial charge in [0.2, 0.25) is 0 Å². The summed E-state index contributed by atoms with van der Waals surface area (Å²) in [4.78, 5) is 1.77. The normalized spacial score (nSPS) is 10.4. The lowest BCUT2D eigenvalue weighted by atomic mass is 10.2. The molecule has 2 aromatic rings. The third-order valence-corrected chi connectivity index (χ3v) is 2.76. The molecule has 0 spiro atoms. The first-order chi connectivity index (χ1) is 8.63. The topological polar surface area (TPSA) is 29.3 Å². The maximum absolute atomic E-state index is 13.4. The van der Waals surface area contributed by atoms with Crippen LogP contribution in [0.25, 0.3) is 0 Å². The SMILES string of the molecule is CCN(c1cccc(F)c1)c1cccc(F)c1N. The quantitative estimate of drug-likeness (QED) is 0.839. The molecular weight excluding hydrogens is 234 g/mol. The van der Waals surface area contributed by atoms with Crippen LogP contribution in [0.1, 0.15) is 6.92 Å². The average Bonchev–Trinajstić information content (AvgIpc) is 2.35. The number of benzene rings is 2. The summed E-state index contributed by atoms with van der Waals surface area (Å²) in [6.07, 6.45) is 0. The minimum atomic E-state index is -0.470. The van der Waals surface area contributed by atoms with Crippen molar-refractivity contribution in [1.29, 1.82) is 0 Å². The van der Waals surface area contributed by atoms with E-state index in [0.29, 0.717) is 17.9 Å². The van der Waals surface area contributed by atoms with Crippen molar-refractivity contribution in [3.8, 4) is 0 Å². The molecule has 0 heterocycles. The molecule has 2 aromatic carbocycles. The molecule has 2 nitrogen and oxygen atoms in total. The Labute approximate surface area is 105 Å². The van der Waals surface area contributed by atoms with Gasteiger partial charge in [0.25, 0.3) is 0 Å². The van der Waals surface area contributed by atoms with E-state index in [1.807, 2.05) is 6.92 Å². The summed E-state index contributed by atoms with van der Waals surface area (Å²) in [6.45, 7) is 2.46. The van der Waals surface area contributed by atoms with Crippen LogP contribution >= 0.6 is 0 Å². The lowest BCUT2D eigenvalue weighted by molar-refractivity contribution is 0.627. The number of para-hydroxylation sites is 1.